The number of amides is 1. The van der Waals surface area contributed by atoms with Crippen molar-refractivity contribution in [1.29, 1.82) is 0 Å². The van der Waals surface area contributed by atoms with Crippen LogP contribution in [0, 0.1) is 12.3 Å². The average molecular weight is 273 g/mol. The molecule has 0 heterocycles. The SMILES string of the molecule is C#Cc1ccc(C(=O)NCCC(=O)OC(C)(C)C)cc1. The highest BCUT2D eigenvalue weighted by Gasteiger charge is 2.16. The van der Waals surface area contributed by atoms with E-state index in [1.165, 1.54) is 0 Å². The Morgan fingerprint density at radius 3 is 2.35 bits per heavy atom. The first-order valence-corrected chi connectivity index (χ1v) is 6.38. The monoisotopic (exact) mass is 273 g/mol. The molecule has 4 nitrogen and oxygen atoms in total. The van der Waals surface area contributed by atoms with Gasteiger partial charge in [-0.3, -0.25) is 9.59 Å². The van der Waals surface area contributed by atoms with Gasteiger partial charge in [-0.2, -0.15) is 0 Å². The van der Waals surface area contributed by atoms with E-state index in [1.807, 2.05) is 0 Å². The van der Waals surface area contributed by atoms with Crippen LogP contribution in [0.3, 0.4) is 0 Å². The summed E-state index contributed by atoms with van der Waals surface area (Å²) < 4.78 is 5.14. The van der Waals surface area contributed by atoms with Crippen molar-refractivity contribution in [2.75, 3.05) is 6.54 Å². The van der Waals surface area contributed by atoms with E-state index in [9.17, 15) is 9.59 Å². The molecule has 4 heteroatoms. The van der Waals surface area contributed by atoms with Crippen molar-refractivity contribution in [2.24, 2.45) is 0 Å². The number of hydrogen-bond acceptors (Lipinski definition) is 3. The lowest BCUT2D eigenvalue weighted by Crippen LogP contribution is -2.29. The Balaban J connectivity index is 2.40. The van der Waals surface area contributed by atoms with Gasteiger partial charge in [0.2, 0.25) is 0 Å². The van der Waals surface area contributed by atoms with Crippen molar-refractivity contribution < 1.29 is 14.3 Å². The van der Waals surface area contributed by atoms with Gasteiger partial charge >= 0.3 is 5.97 Å². The smallest absolute Gasteiger partial charge is 0.308 e. The van der Waals surface area contributed by atoms with Crippen LogP contribution in [-0.2, 0) is 9.53 Å². The maximum absolute atomic E-state index is 11.8. The number of nitrogens with one attached hydrogen (secondary N) is 1. The van der Waals surface area contributed by atoms with Gasteiger partial charge < -0.3 is 10.1 Å². The number of carbonyl (C=O) groups excluding carboxylic acids is 2. The first kappa shape index (κ1) is 15.8. The molecule has 0 unspecified atom stereocenters. The summed E-state index contributed by atoms with van der Waals surface area (Å²) in [5.74, 6) is 1.91. The van der Waals surface area contributed by atoms with Gasteiger partial charge in [-0.1, -0.05) is 5.92 Å². The number of benzene rings is 1. The van der Waals surface area contributed by atoms with Crippen molar-refractivity contribution in [3.05, 3.63) is 35.4 Å². The summed E-state index contributed by atoms with van der Waals surface area (Å²) in [4.78, 5) is 23.3. The van der Waals surface area contributed by atoms with Crippen LogP contribution >= 0.6 is 0 Å². The van der Waals surface area contributed by atoms with Crippen LogP contribution in [0.25, 0.3) is 0 Å². The summed E-state index contributed by atoms with van der Waals surface area (Å²) in [7, 11) is 0. The quantitative estimate of drug-likeness (QED) is 0.675. The van der Waals surface area contributed by atoms with Crippen molar-refractivity contribution in [3.8, 4) is 12.3 Å². The summed E-state index contributed by atoms with van der Waals surface area (Å²) in [6, 6.07) is 6.70. The molecule has 20 heavy (non-hydrogen) atoms. The molecule has 0 atom stereocenters. The summed E-state index contributed by atoms with van der Waals surface area (Å²) in [5, 5.41) is 2.66. The lowest BCUT2D eigenvalue weighted by molar-refractivity contribution is -0.154. The van der Waals surface area contributed by atoms with Gasteiger partial charge in [-0.05, 0) is 45.0 Å². The Morgan fingerprint density at radius 2 is 1.85 bits per heavy atom. The van der Waals surface area contributed by atoms with Gasteiger partial charge in [0.15, 0.2) is 0 Å². The highest BCUT2D eigenvalue weighted by atomic mass is 16.6. The zero-order chi connectivity index (χ0) is 15.2. The van der Waals surface area contributed by atoms with Crippen LogP contribution in [-0.4, -0.2) is 24.0 Å². The highest BCUT2D eigenvalue weighted by molar-refractivity contribution is 5.94. The molecule has 1 rings (SSSR count). The van der Waals surface area contributed by atoms with E-state index in [0.717, 1.165) is 5.56 Å². The number of carbonyl (C=O) groups is 2. The van der Waals surface area contributed by atoms with Crippen LogP contribution in [0.2, 0.25) is 0 Å². The third-order valence-corrected chi connectivity index (χ3v) is 2.35. The zero-order valence-corrected chi connectivity index (χ0v) is 12.0. The van der Waals surface area contributed by atoms with E-state index < -0.39 is 5.60 Å². The normalized spacial score (nSPS) is 10.5. The predicted octanol–water partition coefficient (Wildman–Crippen LogP) is 2.13. The molecule has 0 aliphatic rings. The van der Waals surface area contributed by atoms with Crippen LogP contribution in [0.1, 0.15) is 43.1 Å². The summed E-state index contributed by atoms with van der Waals surface area (Å²) in [6.07, 6.45) is 5.38. The minimum absolute atomic E-state index is 0.144. The van der Waals surface area contributed by atoms with E-state index in [0.29, 0.717) is 5.56 Å². The molecule has 1 aromatic rings. The molecule has 0 aliphatic carbocycles. The summed E-state index contributed by atoms with van der Waals surface area (Å²) in [6.45, 7) is 5.65. The molecule has 1 aromatic carbocycles. The highest BCUT2D eigenvalue weighted by Crippen LogP contribution is 2.08. The molecular formula is C16H19NO3. The molecule has 0 aromatic heterocycles. The second-order valence-electron chi connectivity index (χ2n) is 5.31. The third kappa shape index (κ3) is 5.57. The van der Waals surface area contributed by atoms with Crippen LogP contribution in [0.15, 0.2) is 24.3 Å². The lowest BCUT2D eigenvalue weighted by Gasteiger charge is -2.19. The topological polar surface area (TPSA) is 55.4 Å². The third-order valence-electron chi connectivity index (χ3n) is 2.35. The van der Waals surface area contributed by atoms with Crippen molar-refractivity contribution in [1.82, 2.24) is 5.32 Å². The molecule has 1 N–H and O–H groups in total. The molecule has 106 valence electrons. The fourth-order valence-electron chi connectivity index (χ4n) is 1.49. The van der Waals surface area contributed by atoms with E-state index >= 15 is 0 Å². The average Bonchev–Trinajstić information content (AvgIpc) is 2.36. The molecule has 0 spiro atoms. The predicted molar refractivity (Wildman–Crippen MR) is 77.2 cm³/mol. The minimum atomic E-state index is -0.508. The van der Waals surface area contributed by atoms with E-state index in [1.54, 1.807) is 45.0 Å². The van der Waals surface area contributed by atoms with E-state index in [4.69, 9.17) is 11.2 Å². The van der Waals surface area contributed by atoms with Gasteiger partial charge in [-0.25, -0.2) is 0 Å². The Hall–Kier alpha value is -2.28. The number of rotatable bonds is 4. The van der Waals surface area contributed by atoms with Gasteiger partial charge in [0.05, 0.1) is 6.42 Å². The largest absolute Gasteiger partial charge is 0.460 e. The first-order chi connectivity index (χ1) is 9.31. The number of terminal acetylenes is 1. The zero-order valence-electron chi connectivity index (χ0n) is 12.0. The van der Waals surface area contributed by atoms with Gasteiger partial charge in [0.1, 0.15) is 5.60 Å². The molecule has 0 radical (unpaired) electrons. The summed E-state index contributed by atoms with van der Waals surface area (Å²) >= 11 is 0. The van der Waals surface area contributed by atoms with E-state index in [2.05, 4.69) is 11.2 Å². The number of esters is 1. The molecule has 0 saturated heterocycles. The van der Waals surface area contributed by atoms with Gasteiger partial charge in [0.25, 0.3) is 5.91 Å². The standard InChI is InChI=1S/C16H19NO3/c1-5-12-6-8-13(9-7-12)15(19)17-11-10-14(18)20-16(2,3)4/h1,6-9H,10-11H2,2-4H3,(H,17,19). The molecule has 0 saturated carbocycles. The van der Waals surface area contributed by atoms with Crippen LogP contribution in [0.4, 0.5) is 0 Å². The first-order valence-electron chi connectivity index (χ1n) is 6.38. The molecule has 0 bridgehead atoms. The van der Waals surface area contributed by atoms with Crippen molar-refractivity contribution in [3.63, 3.8) is 0 Å². The molecule has 0 fully saturated rings. The number of ether oxygens (including phenoxy) is 1. The Labute approximate surface area is 119 Å². The number of hydrogen-bond donors (Lipinski definition) is 1. The maximum atomic E-state index is 11.8. The Bertz CT molecular complexity index is 518. The fraction of sp³-hybridized carbons (Fsp3) is 0.375. The lowest BCUT2D eigenvalue weighted by atomic mass is 10.1. The second kappa shape index (κ2) is 6.76. The second-order valence-corrected chi connectivity index (χ2v) is 5.31. The molecular weight excluding hydrogens is 254 g/mol. The van der Waals surface area contributed by atoms with E-state index in [-0.39, 0.29) is 24.8 Å². The Morgan fingerprint density at radius 1 is 1.25 bits per heavy atom. The minimum Gasteiger partial charge on any atom is -0.460 e. The van der Waals surface area contributed by atoms with Crippen LogP contribution in [0.5, 0.6) is 0 Å². The Kier molecular flexibility index (Phi) is 5.33. The van der Waals surface area contributed by atoms with Crippen molar-refractivity contribution >= 4 is 11.9 Å². The fourth-order valence-corrected chi connectivity index (χ4v) is 1.49. The van der Waals surface area contributed by atoms with Crippen molar-refractivity contribution in [2.45, 2.75) is 32.8 Å². The van der Waals surface area contributed by atoms with Crippen LogP contribution < -0.4 is 5.32 Å². The van der Waals surface area contributed by atoms with Gasteiger partial charge in [-0.15, -0.1) is 6.42 Å². The van der Waals surface area contributed by atoms with Gasteiger partial charge in [0, 0.05) is 17.7 Å². The molecule has 0 aliphatic heterocycles. The molecule has 1 amide bonds. The summed E-state index contributed by atoms with van der Waals surface area (Å²) in [5.41, 5.74) is 0.718. The maximum Gasteiger partial charge on any atom is 0.308 e.